The second kappa shape index (κ2) is 9.04. The summed E-state index contributed by atoms with van der Waals surface area (Å²) in [5, 5.41) is 2.06. The average Bonchev–Trinajstić information content (AvgIpc) is 2.62. The molecule has 1 amide bonds. The first-order valence-electron chi connectivity index (χ1n) is 8.59. The number of amides is 1. The molecule has 2 rings (SSSR count). The van der Waals surface area contributed by atoms with Gasteiger partial charge in [-0.15, -0.1) is 0 Å². The molecule has 0 saturated carbocycles. The van der Waals surface area contributed by atoms with Gasteiger partial charge >= 0.3 is 6.18 Å². The quantitative estimate of drug-likeness (QED) is 0.699. The number of benzene rings is 2. The molecular formula is C19H20ClF3N2O3S. The zero-order chi connectivity index (χ0) is 21.8. The van der Waals surface area contributed by atoms with E-state index in [0.29, 0.717) is 16.8 Å². The van der Waals surface area contributed by atoms with E-state index in [2.05, 4.69) is 5.32 Å². The molecule has 0 aliphatic rings. The Balaban J connectivity index is 2.23. The number of halogens is 4. The van der Waals surface area contributed by atoms with Gasteiger partial charge in [0.05, 0.1) is 22.5 Å². The lowest BCUT2D eigenvalue weighted by atomic mass is 10.1. The largest absolute Gasteiger partial charge is 0.417 e. The van der Waals surface area contributed by atoms with Crippen LogP contribution in [0.2, 0.25) is 5.02 Å². The fraction of sp³-hybridized carbons (Fsp3) is 0.316. The maximum Gasteiger partial charge on any atom is 0.417 e. The number of rotatable bonds is 7. The summed E-state index contributed by atoms with van der Waals surface area (Å²) in [6, 6.07) is 10.8. The summed E-state index contributed by atoms with van der Waals surface area (Å²) in [6.07, 6.45) is -3.42. The number of hydrogen-bond acceptors (Lipinski definition) is 3. The van der Waals surface area contributed by atoms with Gasteiger partial charge < -0.3 is 5.32 Å². The molecule has 0 radical (unpaired) electrons. The Morgan fingerprint density at radius 2 is 1.79 bits per heavy atom. The lowest BCUT2D eigenvalue weighted by Gasteiger charge is -2.29. The van der Waals surface area contributed by atoms with Crippen molar-refractivity contribution in [2.24, 2.45) is 0 Å². The van der Waals surface area contributed by atoms with Crippen LogP contribution in [0.4, 0.5) is 18.9 Å². The Kier molecular flexibility index (Phi) is 7.18. The number of carbonyl (C=O) groups is 1. The van der Waals surface area contributed by atoms with Crippen LogP contribution in [0, 0.1) is 0 Å². The van der Waals surface area contributed by atoms with Gasteiger partial charge in [0.15, 0.2) is 0 Å². The van der Waals surface area contributed by atoms with Gasteiger partial charge in [0.25, 0.3) is 0 Å². The minimum Gasteiger partial charge on any atom is -0.354 e. The summed E-state index contributed by atoms with van der Waals surface area (Å²) >= 11 is 5.60. The third kappa shape index (κ3) is 6.11. The Hall–Kier alpha value is -2.26. The van der Waals surface area contributed by atoms with Crippen LogP contribution in [0.3, 0.4) is 0 Å². The summed E-state index contributed by atoms with van der Waals surface area (Å²) < 4.78 is 64.6. The fourth-order valence-electron chi connectivity index (χ4n) is 2.80. The van der Waals surface area contributed by atoms with E-state index in [1.54, 1.807) is 0 Å². The summed E-state index contributed by atoms with van der Waals surface area (Å²) in [4.78, 5) is 12.5. The number of hydrogen-bond donors (Lipinski definition) is 1. The Bertz CT molecular complexity index is 966. The summed E-state index contributed by atoms with van der Waals surface area (Å²) in [6.45, 7) is 1.56. The normalized spacial score (nSPS) is 13.0. The minimum absolute atomic E-state index is 0.249. The SMILES string of the molecule is C[C@@H](C(=O)NCCc1ccccc1)N(c1ccc(Cl)c(C(F)(F)F)c1)S(C)(=O)=O. The molecule has 0 saturated heterocycles. The third-order valence-electron chi connectivity index (χ3n) is 4.15. The van der Waals surface area contributed by atoms with Crippen LogP contribution in [-0.4, -0.2) is 33.2 Å². The maximum absolute atomic E-state index is 13.1. The molecular weight excluding hydrogens is 429 g/mol. The van der Waals surface area contributed by atoms with Gasteiger partial charge in [-0.3, -0.25) is 9.10 Å². The molecule has 0 unspecified atom stereocenters. The van der Waals surface area contributed by atoms with E-state index in [1.807, 2.05) is 30.3 Å². The Morgan fingerprint density at radius 1 is 1.17 bits per heavy atom. The molecule has 5 nitrogen and oxygen atoms in total. The van der Waals surface area contributed by atoms with E-state index >= 15 is 0 Å². The topological polar surface area (TPSA) is 66.5 Å². The lowest BCUT2D eigenvalue weighted by Crippen LogP contribution is -2.48. The van der Waals surface area contributed by atoms with Gasteiger partial charge in [0.2, 0.25) is 15.9 Å². The highest BCUT2D eigenvalue weighted by Gasteiger charge is 2.36. The van der Waals surface area contributed by atoms with E-state index in [4.69, 9.17) is 11.6 Å². The molecule has 0 spiro atoms. The maximum atomic E-state index is 13.1. The number of sulfonamides is 1. The zero-order valence-electron chi connectivity index (χ0n) is 15.7. The standard InChI is InChI=1S/C19H20ClF3N2O3S/c1-13(18(26)24-11-10-14-6-4-3-5-7-14)25(29(2,27)28)15-8-9-17(20)16(12-15)19(21,22)23/h3-9,12-13H,10-11H2,1-2H3,(H,24,26)/t13-/m0/s1. The van der Waals surface area contributed by atoms with Crippen LogP contribution in [0.5, 0.6) is 0 Å². The van der Waals surface area contributed by atoms with Crippen molar-refractivity contribution in [2.75, 3.05) is 17.1 Å². The highest BCUT2D eigenvalue weighted by Crippen LogP contribution is 2.37. The Labute approximate surface area is 172 Å². The number of anilines is 1. The molecule has 29 heavy (non-hydrogen) atoms. The molecule has 10 heteroatoms. The molecule has 1 atom stereocenters. The molecule has 0 aliphatic carbocycles. The van der Waals surface area contributed by atoms with Crippen molar-refractivity contribution in [1.82, 2.24) is 5.32 Å². The van der Waals surface area contributed by atoms with Crippen molar-refractivity contribution in [1.29, 1.82) is 0 Å². The van der Waals surface area contributed by atoms with E-state index < -0.39 is 38.7 Å². The first-order valence-corrected chi connectivity index (χ1v) is 10.8. The smallest absolute Gasteiger partial charge is 0.354 e. The van der Waals surface area contributed by atoms with Gasteiger partial charge in [-0.25, -0.2) is 8.42 Å². The monoisotopic (exact) mass is 448 g/mol. The van der Waals surface area contributed by atoms with Crippen LogP contribution < -0.4 is 9.62 Å². The van der Waals surface area contributed by atoms with Crippen molar-refractivity contribution in [3.05, 3.63) is 64.7 Å². The van der Waals surface area contributed by atoms with Crippen LogP contribution in [0.25, 0.3) is 0 Å². The third-order valence-corrected chi connectivity index (χ3v) is 5.73. The molecule has 0 aromatic heterocycles. The number of nitrogens with one attached hydrogen (secondary N) is 1. The molecule has 0 heterocycles. The Morgan fingerprint density at radius 3 is 2.34 bits per heavy atom. The van der Waals surface area contributed by atoms with Gasteiger partial charge in [-0.1, -0.05) is 41.9 Å². The molecule has 0 bridgehead atoms. The van der Waals surface area contributed by atoms with Gasteiger partial charge in [0.1, 0.15) is 6.04 Å². The van der Waals surface area contributed by atoms with E-state index in [1.165, 1.54) is 6.92 Å². The average molecular weight is 449 g/mol. The molecule has 0 aliphatic heterocycles. The lowest BCUT2D eigenvalue weighted by molar-refractivity contribution is -0.137. The fourth-order valence-corrected chi connectivity index (χ4v) is 4.19. The predicted octanol–water partition coefficient (Wildman–Crippen LogP) is 3.87. The minimum atomic E-state index is -4.77. The predicted molar refractivity (Wildman–Crippen MR) is 106 cm³/mol. The molecule has 0 fully saturated rings. The van der Waals surface area contributed by atoms with Crippen molar-refractivity contribution in [3.8, 4) is 0 Å². The van der Waals surface area contributed by atoms with Crippen LogP contribution in [0.15, 0.2) is 48.5 Å². The van der Waals surface area contributed by atoms with Gasteiger partial charge in [-0.2, -0.15) is 13.2 Å². The van der Waals surface area contributed by atoms with E-state index in [0.717, 1.165) is 24.0 Å². The van der Waals surface area contributed by atoms with Crippen molar-refractivity contribution in [2.45, 2.75) is 25.6 Å². The van der Waals surface area contributed by atoms with Gasteiger partial charge in [-0.05, 0) is 37.1 Å². The van der Waals surface area contributed by atoms with Crippen LogP contribution in [0.1, 0.15) is 18.1 Å². The van der Waals surface area contributed by atoms with Crippen LogP contribution >= 0.6 is 11.6 Å². The number of alkyl halides is 3. The van der Waals surface area contributed by atoms with Crippen molar-refractivity contribution in [3.63, 3.8) is 0 Å². The molecule has 158 valence electrons. The van der Waals surface area contributed by atoms with Crippen molar-refractivity contribution < 1.29 is 26.4 Å². The molecule has 2 aromatic rings. The summed E-state index contributed by atoms with van der Waals surface area (Å²) in [5.41, 5.74) is -0.495. The molecule has 2 aromatic carbocycles. The first kappa shape index (κ1) is 23.0. The first-order chi connectivity index (χ1) is 13.4. The van der Waals surface area contributed by atoms with E-state index in [9.17, 15) is 26.4 Å². The summed E-state index contributed by atoms with van der Waals surface area (Å²) in [7, 11) is -4.05. The number of carbonyl (C=O) groups excluding carboxylic acids is 1. The zero-order valence-corrected chi connectivity index (χ0v) is 17.3. The number of nitrogens with zero attached hydrogens (tertiary/aromatic N) is 1. The second-order valence-electron chi connectivity index (χ2n) is 6.42. The highest BCUT2D eigenvalue weighted by atomic mass is 35.5. The second-order valence-corrected chi connectivity index (χ2v) is 8.69. The van der Waals surface area contributed by atoms with Crippen molar-refractivity contribution >= 4 is 33.2 Å². The van der Waals surface area contributed by atoms with E-state index in [-0.39, 0.29) is 12.2 Å². The molecule has 1 N–H and O–H groups in total. The van der Waals surface area contributed by atoms with Crippen LogP contribution in [-0.2, 0) is 27.4 Å². The summed E-state index contributed by atoms with van der Waals surface area (Å²) in [5.74, 6) is -0.630. The highest BCUT2D eigenvalue weighted by molar-refractivity contribution is 7.92. The van der Waals surface area contributed by atoms with Gasteiger partial charge in [0, 0.05) is 6.54 Å².